The number of fused-ring (bicyclic) bond motifs is 1. The lowest BCUT2D eigenvalue weighted by Crippen LogP contribution is -2.20. The van der Waals surface area contributed by atoms with Crippen molar-refractivity contribution >= 4 is 44.7 Å². The van der Waals surface area contributed by atoms with Gasteiger partial charge in [0.05, 0.1) is 10.3 Å². The van der Waals surface area contributed by atoms with Gasteiger partial charge in [-0.05, 0) is 44.0 Å². The Bertz CT molecular complexity index is 1040. The van der Waals surface area contributed by atoms with Crippen LogP contribution in [-0.2, 0) is 7.05 Å². The first-order valence-electron chi connectivity index (χ1n) is 7.34. The molecule has 0 saturated heterocycles. The Morgan fingerprint density at radius 2 is 2.00 bits per heavy atom. The number of nitrogens with one attached hydrogen (secondary N) is 1. The van der Waals surface area contributed by atoms with E-state index >= 15 is 0 Å². The zero-order valence-electron chi connectivity index (χ0n) is 13.7. The first-order chi connectivity index (χ1) is 11.3. The number of benzene rings is 1. The van der Waals surface area contributed by atoms with Crippen LogP contribution < -0.4 is 10.9 Å². The van der Waals surface area contributed by atoms with E-state index < -0.39 is 0 Å². The minimum Gasteiger partial charge on any atom is -0.321 e. The van der Waals surface area contributed by atoms with Crippen molar-refractivity contribution in [2.45, 2.75) is 20.8 Å². The summed E-state index contributed by atoms with van der Waals surface area (Å²) in [5, 5.41) is 3.92. The minimum absolute atomic E-state index is 0.135. The summed E-state index contributed by atoms with van der Waals surface area (Å²) in [5.74, 6) is 0.348. The zero-order chi connectivity index (χ0) is 17.6. The van der Waals surface area contributed by atoms with Crippen LogP contribution in [0, 0.1) is 20.8 Å². The zero-order valence-corrected chi connectivity index (χ0v) is 15.3. The van der Waals surface area contributed by atoms with Crippen molar-refractivity contribution in [2.75, 3.05) is 5.32 Å². The lowest BCUT2D eigenvalue weighted by atomic mass is 10.2. The number of nitrogens with zero attached hydrogens (tertiary/aromatic N) is 2. The molecule has 2 aromatic heterocycles. The topological polar surface area (TPSA) is 64.0 Å². The van der Waals surface area contributed by atoms with Crippen molar-refractivity contribution in [1.82, 2.24) is 9.55 Å². The van der Waals surface area contributed by atoms with E-state index in [1.165, 1.54) is 15.9 Å². The van der Waals surface area contributed by atoms with Crippen molar-refractivity contribution < 1.29 is 4.79 Å². The first-order valence-corrected chi connectivity index (χ1v) is 8.53. The Morgan fingerprint density at radius 1 is 1.29 bits per heavy atom. The molecule has 0 aliphatic heterocycles. The fourth-order valence-corrected chi connectivity index (χ4v) is 3.73. The van der Waals surface area contributed by atoms with Crippen LogP contribution in [0.1, 0.15) is 26.6 Å². The predicted molar refractivity (Wildman–Crippen MR) is 98.5 cm³/mol. The largest absolute Gasteiger partial charge is 0.321 e. The van der Waals surface area contributed by atoms with Gasteiger partial charge in [-0.1, -0.05) is 17.7 Å². The molecule has 5 nitrogen and oxygen atoms in total. The number of amides is 1. The number of hydrogen-bond acceptors (Lipinski definition) is 4. The summed E-state index contributed by atoms with van der Waals surface area (Å²) in [6.45, 7) is 5.44. The van der Waals surface area contributed by atoms with E-state index in [0.29, 0.717) is 37.2 Å². The molecule has 0 aliphatic carbocycles. The smallest absolute Gasteiger partial charge is 0.266 e. The third-order valence-electron chi connectivity index (χ3n) is 4.03. The molecule has 0 spiro atoms. The van der Waals surface area contributed by atoms with Gasteiger partial charge in [-0.2, -0.15) is 0 Å². The van der Waals surface area contributed by atoms with E-state index in [1.54, 1.807) is 33.0 Å². The summed E-state index contributed by atoms with van der Waals surface area (Å²) in [6, 6.07) is 5.35. The fourth-order valence-electron chi connectivity index (χ4n) is 2.44. The molecule has 1 aromatic carbocycles. The number of rotatable bonds is 2. The quantitative estimate of drug-likeness (QED) is 0.754. The van der Waals surface area contributed by atoms with E-state index in [9.17, 15) is 9.59 Å². The van der Waals surface area contributed by atoms with Crippen molar-refractivity contribution in [3.8, 4) is 0 Å². The number of aromatic nitrogens is 2. The summed E-state index contributed by atoms with van der Waals surface area (Å²) < 4.78 is 1.49. The Morgan fingerprint density at radius 3 is 2.67 bits per heavy atom. The minimum atomic E-state index is -0.268. The molecule has 0 atom stereocenters. The van der Waals surface area contributed by atoms with Crippen LogP contribution in [0.25, 0.3) is 10.2 Å². The molecule has 1 amide bonds. The number of aryl methyl sites for hydroxylation is 3. The van der Waals surface area contributed by atoms with E-state index in [2.05, 4.69) is 10.3 Å². The van der Waals surface area contributed by atoms with Crippen LogP contribution in [0.5, 0.6) is 0 Å². The summed E-state index contributed by atoms with van der Waals surface area (Å²) in [7, 11) is 1.68. The highest BCUT2D eigenvalue weighted by Gasteiger charge is 2.20. The first kappa shape index (κ1) is 16.7. The number of carbonyl (C=O) groups excluding carboxylic acids is 1. The molecule has 0 bridgehead atoms. The Balaban J connectivity index is 2.04. The highest BCUT2D eigenvalue weighted by molar-refractivity contribution is 7.20. The second kappa shape index (κ2) is 6.03. The Hall–Kier alpha value is -2.18. The average Bonchev–Trinajstić information content (AvgIpc) is 2.85. The van der Waals surface area contributed by atoms with Gasteiger partial charge in [0.2, 0.25) is 0 Å². The molecule has 0 fully saturated rings. The average molecular weight is 362 g/mol. The molecule has 0 aliphatic rings. The number of hydrogen-bond donors (Lipinski definition) is 1. The van der Waals surface area contributed by atoms with Crippen LogP contribution >= 0.6 is 22.9 Å². The van der Waals surface area contributed by atoms with Gasteiger partial charge in [0, 0.05) is 17.8 Å². The molecular weight excluding hydrogens is 346 g/mol. The predicted octanol–water partition coefficient (Wildman–Crippen LogP) is 3.83. The molecule has 0 saturated carbocycles. The molecule has 0 unspecified atom stereocenters. The van der Waals surface area contributed by atoms with Crippen molar-refractivity contribution in [3.63, 3.8) is 0 Å². The SMILES string of the molecule is Cc1ccc(NC(=O)c2sc3nc(C)n(C)c(=O)c3c2C)cc1Cl. The van der Waals surface area contributed by atoms with Gasteiger partial charge in [-0.15, -0.1) is 11.3 Å². The maximum Gasteiger partial charge on any atom is 0.266 e. The number of halogens is 1. The maximum absolute atomic E-state index is 12.6. The normalized spacial score (nSPS) is 11.0. The molecule has 0 radical (unpaired) electrons. The van der Waals surface area contributed by atoms with E-state index in [4.69, 9.17) is 11.6 Å². The van der Waals surface area contributed by atoms with Gasteiger partial charge >= 0.3 is 0 Å². The summed E-state index contributed by atoms with van der Waals surface area (Å²) in [5.41, 5.74) is 2.07. The second-order valence-electron chi connectivity index (χ2n) is 5.68. The monoisotopic (exact) mass is 361 g/mol. The van der Waals surface area contributed by atoms with Gasteiger partial charge in [0.15, 0.2) is 0 Å². The third kappa shape index (κ3) is 2.72. The lowest BCUT2D eigenvalue weighted by Gasteiger charge is -2.06. The van der Waals surface area contributed by atoms with E-state index in [1.807, 2.05) is 13.0 Å². The second-order valence-corrected chi connectivity index (χ2v) is 7.08. The van der Waals surface area contributed by atoms with Crippen LogP contribution in [-0.4, -0.2) is 15.5 Å². The summed E-state index contributed by atoms with van der Waals surface area (Å²) in [4.78, 5) is 30.5. The molecule has 1 N–H and O–H groups in total. The lowest BCUT2D eigenvalue weighted by molar-refractivity contribution is 0.103. The van der Waals surface area contributed by atoms with Crippen LogP contribution in [0.15, 0.2) is 23.0 Å². The van der Waals surface area contributed by atoms with Gasteiger partial charge in [0.25, 0.3) is 11.5 Å². The maximum atomic E-state index is 12.6. The Kier molecular flexibility index (Phi) is 4.19. The van der Waals surface area contributed by atoms with Gasteiger partial charge < -0.3 is 5.32 Å². The Labute approximate surface area is 147 Å². The highest BCUT2D eigenvalue weighted by Crippen LogP contribution is 2.28. The van der Waals surface area contributed by atoms with Crippen molar-refractivity contribution in [3.05, 3.63) is 55.4 Å². The summed E-state index contributed by atoms with van der Waals surface area (Å²) >= 11 is 7.32. The highest BCUT2D eigenvalue weighted by atomic mass is 35.5. The fraction of sp³-hybridized carbons (Fsp3) is 0.235. The molecular formula is C17H16ClN3O2S. The van der Waals surface area contributed by atoms with Crippen molar-refractivity contribution in [2.24, 2.45) is 7.05 Å². The molecule has 7 heteroatoms. The van der Waals surface area contributed by atoms with Gasteiger partial charge in [-0.25, -0.2) is 4.98 Å². The molecule has 124 valence electrons. The molecule has 3 rings (SSSR count). The number of anilines is 1. The third-order valence-corrected chi connectivity index (χ3v) is 5.62. The van der Waals surface area contributed by atoms with Gasteiger partial charge in [-0.3, -0.25) is 14.2 Å². The number of thiophene rings is 1. The molecule has 2 heterocycles. The van der Waals surface area contributed by atoms with E-state index in [-0.39, 0.29) is 11.5 Å². The molecule has 24 heavy (non-hydrogen) atoms. The van der Waals surface area contributed by atoms with E-state index in [0.717, 1.165) is 5.56 Å². The van der Waals surface area contributed by atoms with Crippen LogP contribution in [0.2, 0.25) is 5.02 Å². The van der Waals surface area contributed by atoms with Crippen molar-refractivity contribution in [1.29, 1.82) is 0 Å². The van der Waals surface area contributed by atoms with Crippen LogP contribution in [0.4, 0.5) is 5.69 Å². The van der Waals surface area contributed by atoms with Gasteiger partial charge in [0.1, 0.15) is 10.7 Å². The number of carbonyl (C=O) groups is 1. The van der Waals surface area contributed by atoms with Crippen LogP contribution in [0.3, 0.4) is 0 Å². The molecule has 3 aromatic rings. The standard InChI is InChI=1S/C17H16ClN3O2S/c1-8-5-6-11(7-12(8)18)20-15(22)14-9(2)13-16(24-14)19-10(3)21(4)17(13)23/h5-7H,1-4H3,(H,20,22). The summed E-state index contributed by atoms with van der Waals surface area (Å²) in [6.07, 6.45) is 0.